The first-order valence-electron chi connectivity index (χ1n) is 7.42. The lowest BCUT2D eigenvalue weighted by atomic mass is 10.2. The van der Waals surface area contributed by atoms with Crippen LogP contribution in [-0.2, 0) is 16.3 Å². The third-order valence-electron chi connectivity index (χ3n) is 3.66. The highest BCUT2D eigenvalue weighted by Gasteiger charge is 2.28. The second-order valence-corrected chi connectivity index (χ2v) is 8.00. The summed E-state index contributed by atoms with van der Waals surface area (Å²) in [6, 6.07) is 10.2. The van der Waals surface area contributed by atoms with Gasteiger partial charge in [-0.15, -0.1) is 11.8 Å². The van der Waals surface area contributed by atoms with Crippen molar-refractivity contribution in [1.29, 1.82) is 0 Å². The summed E-state index contributed by atoms with van der Waals surface area (Å²) in [5, 5.41) is 4.87. The van der Waals surface area contributed by atoms with Gasteiger partial charge in [-0.2, -0.15) is 5.10 Å². The van der Waals surface area contributed by atoms with Crippen LogP contribution in [0.25, 0.3) is 5.65 Å². The van der Waals surface area contributed by atoms with Gasteiger partial charge < -0.3 is 5.73 Å². The van der Waals surface area contributed by atoms with Gasteiger partial charge in [0.05, 0.1) is 4.90 Å². The van der Waals surface area contributed by atoms with Gasteiger partial charge in [0.15, 0.2) is 10.5 Å². The van der Waals surface area contributed by atoms with Crippen LogP contribution in [-0.4, -0.2) is 35.8 Å². The first kappa shape index (κ1) is 16.9. The van der Waals surface area contributed by atoms with Gasteiger partial charge in [-0.3, -0.25) is 0 Å². The molecule has 3 aromatic rings. The van der Waals surface area contributed by atoms with Gasteiger partial charge in [-0.1, -0.05) is 18.2 Å². The number of thioether (sulfide) groups is 1. The van der Waals surface area contributed by atoms with Gasteiger partial charge in [0, 0.05) is 17.8 Å². The molecule has 0 atom stereocenters. The minimum absolute atomic E-state index is 0.156. The fourth-order valence-electron chi connectivity index (χ4n) is 2.55. The number of sulfone groups is 1. The molecule has 0 spiro atoms. The molecule has 8 heteroatoms. The van der Waals surface area contributed by atoms with Crippen molar-refractivity contribution in [2.75, 3.05) is 12.8 Å². The zero-order chi connectivity index (χ0) is 17.3. The molecule has 0 amide bonds. The van der Waals surface area contributed by atoms with Crippen molar-refractivity contribution in [2.45, 2.75) is 28.2 Å². The van der Waals surface area contributed by atoms with E-state index in [-0.39, 0.29) is 9.79 Å². The number of nitrogens with zero attached hydrogens (tertiary/aromatic N) is 3. The van der Waals surface area contributed by atoms with E-state index in [1.54, 1.807) is 34.8 Å². The standard InChI is InChI=1S/C16H18N4O2S2/c1-11-10-12(8-9-17)18-15-14(16(23-2)19-20(11)15)24(21,22)13-6-4-3-5-7-13/h3-7,10H,8-9,17H2,1-2H3. The van der Waals surface area contributed by atoms with Gasteiger partial charge in [0.1, 0.15) is 5.03 Å². The highest BCUT2D eigenvalue weighted by atomic mass is 32.2. The lowest BCUT2D eigenvalue weighted by Crippen LogP contribution is -2.08. The Morgan fingerprint density at radius 3 is 2.58 bits per heavy atom. The molecule has 1 aromatic carbocycles. The van der Waals surface area contributed by atoms with Crippen LogP contribution in [0.1, 0.15) is 11.4 Å². The number of nitrogens with two attached hydrogens (primary N) is 1. The van der Waals surface area contributed by atoms with Crippen LogP contribution in [0.2, 0.25) is 0 Å². The summed E-state index contributed by atoms with van der Waals surface area (Å²) in [5.74, 6) is 0. The predicted octanol–water partition coefficient (Wildman–Crippen LogP) is 2.09. The molecule has 126 valence electrons. The van der Waals surface area contributed by atoms with E-state index in [0.29, 0.717) is 23.6 Å². The molecule has 0 aliphatic heterocycles. The predicted molar refractivity (Wildman–Crippen MR) is 94.2 cm³/mol. The Morgan fingerprint density at radius 2 is 1.96 bits per heavy atom. The molecule has 0 fully saturated rings. The van der Waals surface area contributed by atoms with E-state index < -0.39 is 9.84 Å². The van der Waals surface area contributed by atoms with Crippen LogP contribution >= 0.6 is 11.8 Å². The quantitative estimate of drug-likeness (QED) is 0.699. The first-order valence-corrected chi connectivity index (χ1v) is 10.1. The van der Waals surface area contributed by atoms with Gasteiger partial charge in [0.2, 0.25) is 9.84 Å². The molecule has 0 unspecified atom stereocenters. The summed E-state index contributed by atoms with van der Waals surface area (Å²) in [4.78, 5) is 4.90. The number of hydrogen-bond donors (Lipinski definition) is 1. The maximum Gasteiger partial charge on any atom is 0.213 e. The molecule has 0 saturated carbocycles. The van der Waals surface area contributed by atoms with Crippen LogP contribution in [0.3, 0.4) is 0 Å². The van der Waals surface area contributed by atoms with E-state index in [4.69, 9.17) is 5.73 Å². The molecule has 0 saturated heterocycles. The number of fused-ring (bicyclic) bond motifs is 1. The number of benzene rings is 1. The molecule has 2 N–H and O–H groups in total. The summed E-state index contributed by atoms with van der Waals surface area (Å²) in [7, 11) is -3.71. The fourth-order valence-corrected chi connectivity index (χ4v) is 4.97. The molecule has 0 radical (unpaired) electrons. The number of rotatable bonds is 5. The van der Waals surface area contributed by atoms with Crippen LogP contribution in [0.4, 0.5) is 0 Å². The lowest BCUT2D eigenvalue weighted by molar-refractivity contribution is 0.594. The molecule has 2 aromatic heterocycles. The van der Waals surface area contributed by atoms with Crippen molar-refractivity contribution in [1.82, 2.24) is 14.6 Å². The van der Waals surface area contributed by atoms with Gasteiger partial charge in [-0.05, 0) is 37.9 Å². The summed E-state index contributed by atoms with van der Waals surface area (Å²) in [6.45, 7) is 2.33. The summed E-state index contributed by atoms with van der Waals surface area (Å²) in [6.07, 6.45) is 2.39. The lowest BCUT2D eigenvalue weighted by Gasteiger charge is -2.06. The van der Waals surface area contributed by atoms with Crippen molar-refractivity contribution < 1.29 is 8.42 Å². The van der Waals surface area contributed by atoms with Gasteiger partial charge in [-0.25, -0.2) is 17.9 Å². The second-order valence-electron chi connectivity index (χ2n) is 5.32. The maximum absolute atomic E-state index is 13.1. The Labute approximate surface area is 145 Å². The minimum atomic E-state index is -3.71. The summed E-state index contributed by atoms with van der Waals surface area (Å²) < 4.78 is 27.9. The normalized spacial score (nSPS) is 12.0. The van der Waals surface area contributed by atoms with Crippen molar-refractivity contribution in [2.24, 2.45) is 5.73 Å². The second kappa shape index (κ2) is 6.54. The Hall–Kier alpha value is -1.90. The molecule has 24 heavy (non-hydrogen) atoms. The highest BCUT2D eigenvalue weighted by molar-refractivity contribution is 7.99. The van der Waals surface area contributed by atoms with Crippen LogP contribution in [0.5, 0.6) is 0 Å². The van der Waals surface area contributed by atoms with Crippen LogP contribution in [0.15, 0.2) is 51.2 Å². The third-order valence-corrected chi connectivity index (χ3v) is 6.27. The summed E-state index contributed by atoms with van der Waals surface area (Å²) in [5.41, 5.74) is 7.56. The number of aromatic nitrogens is 3. The average molecular weight is 362 g/mol. The monoisotopic (exact) mass is 362 g/mol. The Balaban J connectivity index is 2.34. The molecule has 0 aliphatic rings. The number of hydrogen-bond acceptors (Lipinski definition) is 6. The minimum Gasteiger partial charge on any atom is -0.330 e. The SMILES string of the molecule is CSc1nn2c(C)cc(CCN)nc2c1S(=O)(=O)c1ccccc1. The van der Waals surface area contributed by atoms with E-state index in [9.17, 15) is 8.42 Å². The maximum atomic E-state index is 13.1. The molecule has 0 aliphatic carbocycles. The topological polar surface area (TPSA) is 90.3 Å². The highest BCUT2D eigenvalue weighted by Crippen LogP contribution is 2.32. The fraction of sp³-hybridized carbons (Fsp3) is 0.250. The molecular weight excluding hydrogens is 344 g/mol. The van der Waals surface area contributed by atoms with Gasteiger partial charge in [0.25, 0.3) is 0 Å². The van der Waals surface area contributed by atoms with Crippen molar-refractivity contribution in [3.63, 3.8) is 0 Å². The molecule has 3 rings (SSSR count). The summed E-state index contributed by atoms with van der Waals surface area (Å²) >= 11 is 1.29. The van der Waals surface area contributed by atoms with Crippen LogP contribution < -0.4 is 5.73 Å². The first-order chi connectivity index (χ1) is 11.5. The zero-order valence-electron chi connectivity index (χ0n) is 13.4. The number of aryl methyl sites for hydroxylation is 1. The van der Waals surface area contributed by atoms with Crippen LogP contribution in [0, 0.1) is 6.92 Å². The molecule has 0 bridgehead atoms. The molecular formula is C16H18N4O2S2. The van der Waals surface area contributed by atoms with Crippen molar-refractivity contribution >= 4 is 27.2 Å². The van der Waals surface area contributed by atoms with Crippen molar-refractivity contribution in [3.05, 3.63) is 47.8 Å². The zero-order valence-corrected chi connectivity index (χ0v) is 15.1. The van der Waals surface area contributed by atoms with E-state index in [1.165, 1.54) is 11.8 Å². The van der Waals surface area contributed by atoms with E-state index >= 15 is 0 Å². The molecule has 2 heterocycles. The third kappa shape index (κ3) is 2.81. The Kier molecular flexibility index (Phi) is 4.62. The van der Waals surface area contributed by atoms with E-state index in [2.05, 4.69) is 10.1 Å². The Morgan fingerprint density at radius 1 is 1.25 bits per heavy atom. The van der Waals surface area contributed by atoms with Gasteiger partial charge >= 0.3 is 0 Å². The molecule has 6 nitrogen and oxygen atoms in total. The Bertz CT molecular complexity index is 982. The largest absolute Gasteiger partial charge is 0.330 e. The van der Waals surface area contributed by atoms with Crippen molar-refractivity contribution in [3.8, 4) is 0 Å². The average Bonchev–Trinajstić information content (AvgIpc) is 2.96. The van der Waals surface area contributed by atoms with E-state index in [0.717, 1.165) is 11.4 Å². The van der Waals surface area contributed by atoms with E-state index in [1.807, 2.05) is 19.2 Å². The smallest absolute Gasteiger partial charge is 0.213 e.